The molecule has 3 aromatic carbocycles. The molecule has 0 aliphatic carbocycles. The topological polar surface area (TPSA) is 61.4 Å². The summed E-state index contributed by atoms with van der Waals surface area (Å²) in [5, 5.41) is 6.54. The van der Waals surface area contributed by atoms with Gasteiger partial charge in [-0.2, -0.15) is 0 Å². The van der Waals surface area contributed by atoms with Crippen LogP contribution >= 0.6 is 11.6 Å². The Kier molecular flexibility index (Phi) is 6.88. The molecule has 0 saturated heterocycles. The maximum atomic E-state index is 13.3. The first-order valence-electron chi connectivity index (χ1n) is 10.8. The van der Waals surface area contributed by atoms with E-state index in [1.54, 1.807) is 6.07 Å². The van der Waals surface area contributed by atoms with Gasteiger partial charge in [0.05, 0.1) is 0 Å². The van der Waals surface area contributed by atoms with Crippen LogP contribution in [-0.2, 0) is 17.8 Å². The summed E-state index contributed by atoms with van der Waals surface area (Å²) in [5.41, 5.74) is 6.01. The minimum absolute atomic E-state index is 0.0407. The number of rotatable bonds is 7. The summed E-state index contributed by atoms with van der Waals surface area (Å²) < 4.78 is 0. The summed E-state index contributed by atoms with van der Waals surface area (Å²) in [5.74, 6) is -0.0897. The lowest BCUT2D eigenvalue weighted by Gasteiger charge is -2.19. The number of hydrogen-bond donors (Lipinski definition) is 2. The molecular weight excluding hydrogens is 422 g/mol. The highest BCUT2D eigenvalue weighted by Gasteiger charge is 2.27. The fourth-order valence-electron chi connectivity index (χ4n) is 4.06. The summed E-state index contributed by atoms with van der Waals surface area (Å²) in [6.45, 7) is 3.92. The van der Waals surface area contributed by atoms with Crippen LogP contribution in [0.3, 0.4) is 0 Å². The first kappa shape index (κ1) is 22.1. The highest BCUT2D eigenvalue weighted by atomic mass is 35.5. The van der Waals surface area contributed by atoms with Crippen LogP contribution in [0, 0.1) is 0 Å². The van der Waals surface area contributed by atoms with E-state index in [4.69, 9.17) is 11.6 Å². The molecule has 4 rings (SSSR count). The average Bonchev–Trinajstić information content (AvgIpc) is 3.24. The third kappa shape index (κ3) is 4.85. The molecule has 0 radical (unpaired) electrons. The number of carbonyl (C=O) groups is 2. The van der Waals surface area contributed by atoms with Crippen LogP contribution in [0.1, 0.15) is 28.4 Å². The van der Waals surface area contributed by atoms with E-state index in [9.17, 15) is 9.59 Å². The minimum Gasteiger partial charge on any atom is -0.355 e. The van der Waals surface area contributed by atoms with E-state index < -0.39 is 0 Å². The van der Waals surface area contributed by atoms with Gasteiger partial charge in [0.25, 0.3) is 5.91 Å². The lowest BCUT2D eigenvalue weighted by atomic mass is 9.98. The van der Waals surface area contributed by atoms with Gasteiger partial charge in [-0.05, 0) is 46.9 Å². The fraction of sp³-hybridized carbons (Fsp3) is 0.231. The lowest BCUT2D eigenvalue weighted by molar-refractivity contribution is -0.118. The summed E-state index contributed by atoms with van der Waals surface area (Å²) in [4.78, 5) is 26.1. The average molecular weight is 448 g/mol. The highest BCUT2D eigenvalue weighted by Crippen LogP contribution is 2.37. The van der Waals surface area contributed by atoms with Crippen molar-refractivity contribution >= 4 is 29.1 Å². The largest absolute Gasteiger partial charge is 0.355 e. The molecule has 32 heavy (non-hydrogen) atoms. The van der Waals surface area contributed by atoms with Crippen molar-refractivity contribution in [1.82, 2.24) is 10.6 Å². The number of halogens is 1. The van der Waals surface area contributed by atoms with Gasteiger partial charge in [-0.25, -0.2) is 0 Å². The van der Waals surface area contributed by atoms with E-state index in [2.05, 4.69) is 28.8 Å². The predicted octanol–water partition coefficient (Wildman–Crippen LogP) is 4.44. The number of benzene rings is 3. The molecule has 164 valence electrons. The standard InChI is InChI=1S/C26H26ClN3O2/c1-18(31)29-14-13-28-17-21-11-10-20(16-24(21)27)26(32)30-15-12-23-22(8-5-9-25(23)30)19-6-3-2-4-7-19/h2-11,16,28H,12-15,17H2,1H3,(H,29,31). The first-order valence-corrected chi connectivity index (χ1v) is 11.1. The van der Waals surface area contributed by atoms with Gasteiger partial charge in [-0.3, -0.25) is 9.59 Å². The quantitative estimate of drug-likeness (QED) is 0.526. The fourth-order valence-corrected chi connectivity index (χ4v) is 4.31. The smallest absolute Gasteiger partial charge is 0.258 e. The molecule has 0 spiro atoms. The molecule has 5 nitrogen and oxygen atoms in total. The van der Waals surface area contributed by atoms with Crippen molar-refractivity contribution in [2.75, 3.05) is 24.5 Å². The first-order chi connectivity index (χ1) is 15.5. The Morgan fingerprint density at radius 1 is 1.00 bits per heavy atom. The summed E-state index contributed by atoms with van der Waals surface area (Å²) >= 11 is 6.47. The van der Waals surface area contributed by atoms with E-state index in [1.165, 1.54) is 18.1 Å². The molecule has 2 N–H and O–H groups in total. The Bertz CT molecular complexity index is 1130. The van der Waals surface area contributed by atoms with Crippen molar-refractivity contribution in [2.45, 2.75) is 19.9 Å². The van der Waals surface area contributed by atoms with Crippen LogP contribution in [-0.4, -0.2) is 31.4 Å². The normalized spacial score (nSPS) is 12.5. The van der Waals surface area contributed by atoms with E-state index in [1.807, 2.05) is 47.4 Å². The molecule has 1 aliphatic heterocycles. The zero-order valence-corrected chi connectivity index (χ0v) is 18.8. The third-order valence-electron chi connectivity index (χ3n) is 5.65. The zero-order chi connectivity index (χ0) is 22.5. The van der Waals surface area contributed by atoms with Gasteiger partial charge in [0.15, 0.2) is 0 Å². The second kappa shape index (κ2) is 9.98. The number of hydrogen-bond acceptors (Lipinski definition) is 3. The zero-order valence-electron chi connectivity index (χ0n) is 18.0. The minimum atomic E-state index is -0.0490. The van der Waals surface area contributed by atoms with Gasteiger partial charge in [-0.15, -0.1) is 0 Å². The predicted molar refractivity (Wildman–Crippen MR) is 129 cm³/mol. The SMILES string of the molecule is CC(=O)NCCNCc1ccc(C(=O)N2CCc3c(-c4ccccc4)cccc32)cc1Cl. The molecule has 0 atom stereocenters. The number of fused-ring (bicyclic) bond motifs is 1. The monoisotopic (exact) mass is 447 g/mol. The third-order valence-corrected chi connectivity index (χ3v) is 6.00. The summed E-state index contributed by atoms with van der Waals surface area (Å²) in [6.07, 6.45) is 0.830. The summed E-state index contributed by atoms with van der Waals surface area (Å²) in [6, 6.07) is 21.9. The van der Waals surface area contributed by atoms with Gasteiger partial charge >= 0.3 is 0 Å². The molecule has 0 unspecified atom stereocenters. The van der Waals surface area contributed by atoms with Crippen molar-refractivity contribution in [3.63, 3.8) is 0 Å². The van der Waals surface area contributed by atoms with Crippen LogP contribution in [0.4, 0.5) is 5.69 Å². The van der Waals surface area contributed by atoms with Gasteiger partial charge in [-0.1, -0.05) is 60.1 Å². The Morgan fingerprint density at radius 3 is 2.56 bits per heavy atom. The Morgan fingerprint density at radius 2 is 1.81 bits per heavy atom. The molecule has 0 saturated carbocycles. The number of anilines is 1. The Labute approximate surface area is 193 Å². The maximum absolute atomic E-state index is 13.3. The van der Waals surface area contributed by atoms with Crippen molar-refractivity contribution in [3.05, 3.63) is 88.4 Å². The van der Waals surface area contributed by atoms with Crippen molar-refractivity contribution in [1.29, 1.82) is 0 Å². The van der Waals surface area contributed by atoms with Crippen molar-refractivity contribution in [2.24, 2.45) is 0 Å². The van der Waals surface area contributed by atoms with E-state index in [-0.39, 0.29) is 11.8 Å². The molecule has 3 aromatic rings. The van der Waals surface area contributed by atoms with Gasteiger partial charge in [0, 0.05) is 49.4 Å². The molecule has 2 amide bonds. The highest BCUT2D eigenvalue weighted by molar-refractivity contribution is 6.31. The molecule has 1 aliphatic rings. The van der Waals surface area contributed by atoms with Gasteiger partial charge in [0.2, 0.25) is 5.91 Å². The number of amides is 2. The second-order valence-electron chi connectivity index (χ2n) is 7.84. The Balaban J connectivity index is 1.47. The molecular formula is C26H26ClN3O2. The van der Waals surface area contributed by atoms with Crippen LogP contribution in [0.25, 0.3) is 11.1 Å². The molecule has 1 heterocycles. The van der Waals surface area contributed by atoms with Gasteiger partial charge in [0.1, 0.15) is 0 Å². The van der Waals surface area contributed by atoms with Crippen LogP contribution < -0.4 is 15.5 Å². The van der Waals surface area contributed by atoms with Crippen molar-refractivity contribution < 1.29 is 9.59 Å². The van der Waals surface area contributed by atoms with Crippen LogP contribution in [0.15, 0.2) is 66.7 Å². The number of carbonyl (C=O) groups excluding carboxylic acids is 2. The van der Waals surface area contributed by atoms with Gasteiger partial charge < -0.3 is 15.5 Å². The van der Waals surface area contributed by atoms with E-state index >= 15 is 0 Å². The Hall–Kier alpha value is -3.15. The molecule has 0 fully saturated rings. The molecule has 6 heteroatoms. The lowest BCUT2D eigenvalue weighted by Crippen LogP contribution is -2.30. The van der Waals surface area contributed by atoms with E-state index in [0.717, 1.165) is 23.2 Å². The van der Waals surface area contributed by atoms with Crippen LogP contribution in [0.2, 0.25) is 5.02 Å². The molecule has 0 aromatic heterocycles. The number of nitrogens with zero attached hydrogens (tertiary/aromatic N) is 1. The van der Waals surface area contributed by atoms with Crippen LogP contribution in [0.5, 0.6) is 0 Å². The van der Waals surface area contributed by atoms with E-state index in [0.29, 0.717) is 36.8 Å². The number of nitrogens with one attached hydrogen (secondary N) is 2. The maximum Gasteiger partial charge on any atom is 0.258 e. The van der Waals surface area contributed by atoms with Crippen molar-refractivity contribution in [3.8, 4) is 11.1 Å². The molecule has 0 bridgehead atoms. The second-order valence-corrected chi connectivity index (χ2v) is 8.25. The summed E-state index contributed by atoms with van der Waals surface area (Å²) in [7, 11) is 0.